The Labute approximate surface area is 119 Å². The van der Waals surface area contributed by atoms with Crippen molar-refractivity contribution >= 4 is 17.3 Å². The summed E-state index contributed by atoms with van der Waals surface area (Å²) in [5, 5.41) is 5.61. The van der Waals surface area contributed by atoms with E-state index in [1.54, 1.807) is 13.1 Å². The van der Waals surface area contributed by atoms with Crippen molar-refractivity contribution in [2.75, 3.05) is 24.8 Å². The highest BCUT2D eigenvalue weighted by molar-refractivity contribution is 5.66. The van der Waals surface area contributed by atoms with Crippen molar-refractivity contribution in [1.82, 2.24) is 9.97 Å². The first-order valence-corrected chi connectivity index (χ1v) is 5.96. The van der Waals surface area contributed by atoms with E-state index in [9.17, 15) is 13.2 Å². The summed E-state index contributed by atoms with van der Waals surface area (Å²) < 4.78 is 43.3. The Morgan fingerprint density at radius 2 is 1.81 bits per heavy atom. The second-order valence-corrected chi connectivity index (χ2v) is 4.08. The summed E-state index contributed by atoms with van der Waals surface area (Å²) in [6.07, 6.45) is -3.13. The van der Waals surface area contributed by atoms with Crippen LogP contribution in [0.2, 0.25) is 0 Å². The second kappa shape index (κ2) is 5.86. The van der Waals surface area contributed by atoms with E-state index >= 15 is 0 Å². The molecule has 2 N–H and O–H groups in total. The molecule has 0 radical (unpaired) electrons. The standard InChI is InChI=1S/C13H13F3N4O/c1-17-11-6-12(19-7-18-11)20-9-5-8(13(14,15)16)3-4-10(9)21-2/h3-7H,1-2H3,(H2,17,18,19,20). The lowest BCUT2D eigenvalue weighted by Gasteiger charge is -2.14. The maximum absolute atomic E-state index is 12.8. The van der Waals surface area contributed by atoms with Crippen LogP contribution < -0.4 is 15.4 Å². The lowest BCUT2D eigenvalue weighted by molar-refractivity contribution is -0.137. The normalized spacial score (nSPS) is 11.1. The number of nitrogens with one attached hydrogen (secondary N) is 2. The first-order chi connectivity index (χ1) is 9.94. The molecule has 0 bridgehead atoms. The lowest BCUT2D eigenvalue weighted by atomic mass is 10.1. The zero-order valence-electron chi connectivity index (χ0n) is 11.3. The Kier molecular flexibility index (Phi) is 4.15. The average molecular weight is 298 g/mol. The van der Waals surface area contributed by atoms with Crippen molar-refractivity contribution in [1.29, 1.82) is 0 Å². The molecule has 2 rings (SSSR count). The van der Waals surface area contributed by atoms with Gasteiger partial charge >= 0.3 is 6.18 Å². The third-order valence-electron chi connectivity index (χ3n) is 2.71. The molecule has 1 aromatic heterocycles. The van der Waals surface area contributed by atoms with E-state index in [4.69, 9.17) is 4.74 Å². The van der Waals surface area contributed by atoms with Gasteiger partial charge in [-0.15, -0.1) is 0 Å². The third kappa shape index (κ3) is 3.53. The Bertz CT molecular complexity index is 631. The molecule has 0 spiro atoms. The molecule has 1 aromatic carbocycles. The zero-order valence-corrected chi connectivity index (χ0v) is 11.3. The van der Waals surface area contributed by atoms with Gasteiger partial charge in [0.1, 0.15) is 23.7 Å². The number of hydrogen-bond acceptors (Lipinski definition) is 5. The molecule has 0 fully saturated rings. The summed E-state index contributed by atoms with van der Waals surface area (Å²) in [5.41, 5.74) is -0.596. The number of rotatable bonds is 4. The molecule has 0 amide bonds. The molecule has 0 saturated carbocycles. The van der Waals surface area contributed by atoms with Gasteiger partial charge < -0.3 is 15.4 Å². The summed E-state index contributed by atoms with van der Waals surface area (Å²) in [6.45, 7) is 0. The number of aromatic nitrogens is 2. The monoisotopic (exact) mass is 298 g/mol. The quantitative estimate of drug-likeness (QED) is 0.907. The maximum Gasteiger partial charge on any atom is 0.416 e. The Morgan fingerprint density at radius 3 is 2.43 bits per heavy atom. The number of ether oxygens (including phenoxy) is 1. The van der Waals surface area contributed by atoms with E-state index in [1.165, 1.54) is 19.5 Å². The fourth-order valence-corrected chi connectivity index (χ4v) is 1.68. The van der Waals surface area contributed by atoms with Crippen LogP contribution >= 0.6 is 0 Å². The molecule has 0 aliphatic heterocycles. The van der Waals surface area contributed by atoms with Crippen LogP contribution in [-0.2, 0) is 6.18 Å². The van der Waals surface area contributed by atoms with Gasteiger partial charge in [-0.25, -0.2) is 9.97 Å². The fraction of sp³-hybridized carbons (Fsp3) is 0.231. The van der Waals surface area contributed by atoms with Crippen LogP contribution in [0, 0.1) is 0 Å². The lowest BCUT2D eigenvalue weighted by Crippen LogP contribution is -2.06. The smallest absolute Gasteiger partial charge is 0.416 e. The summed E-state index contributed by atoms with van der Waals surface area (Å²) in [4.78, 5) is 7.88. The van der Waals surface area contributed by atoms with Crippen molar-refractivity contribution in [3.05, 3.63) is 36.2 Å². The third-order valence-corrected chi connectivity index (χ3v) is 2.71. The van der Waals surface area contributed by atoms with Gasteiger partial charge in [0.05, 0.1) is 18.4 Å². The predicted molar refractivity (Wildman–Crippen MR) is 72.9 cm³/mol. The molecular formula is C13H13F3N4O. The topological polar surface area (TPSA) is 59.1 Å². The molecule has 1 heterocycles. The molecule has 0 aliphatic carbocycles. The molecule has 0 aliphatic rings. The molecule has 0 atom stereocenters. The second-order valence-electron chi connectivity index (χ2n) is 4.08. The number of anilines is 3. The molecule has 2 aromatic rings. The maximum atomic E-state index is 12.8. The predicted octanol–water partition coefficient (Wildman–Crippen LogP) is 3.29. The first kappa shape index (κ1) is 14.9. The molecule has 0 saturated heterocycles. The summed E-state index contributed by atoms with van der Waals surface area (Å²) in [7, 11) is 3.06. The zero-order chi connectivity index (χ0) is 15.5. The van der Waals surface area contributed by atoms with Gasteiger partial charge in [-0.2, -0.15) is 13.2 Å². The van der Waals surface area contributed by atoms with Crippen LogP contribution in [0.1, 0.15) is 5.56 Å². The van der Waals surface area contributed by atoms with Gasteiger partial charge in [-0.3, -0.25) is 0 Å². The van der Waals surface area contributed by atoms with Crippen LogP contribution in [0.25, 0.3) is 0 Å². The highest BCUT2D eigenvalue weighted by Gasteiger charge is 2.31. The van der Waals surface area contributed by atoms with Crippen molar-refractivity contribution in [3.63, 3.8) is 0 Å². The highest BCUT2D eigenvalue weighted by atomic mass is 19.4. The largest absolute Gasteiger partial charge is 0.495 e. The summed E-state index contributed by atoms with van der Waals surface area (Å²) in [6, 6.07) is 4.76. The van der Waals surface area contributed by atoms with Crippen LogP contribution in [0.15, 0.2) is 30.6 Å². The van der Waals surface area contributed by atoms with E-state index in [-0.39, 0.29) is 11.4 Å². The minimum absolute atomic E-state index is 0.174. The van der Waals surface area contributed by atoms with Crippen molar-refractivity contribution in [2.24, 2.45) is 0 Å². The number of halogens is 3. The van der Waals surface area contributed by atoms with E-state index in [0.717, 1.165) is 12.1 Å². The van der Waals surface area contributed by atoms with Gasteiger partial charge in [0.25, 0.3) is 0 Å². The number of benzene rings is 1. The Hall–Kier alpha value is -2.51. The molecule has 8 heteroatoms. The van der Waals surface area contributed by atoms with Crippen molar-refractivity contribution in [2.45, 2.75) is 6.18 Å². The molecular weight excluding hydrogens is 285 g/mol. The number of nitrogens with zero attached hydrogens (tertiary/aromatic N) is 2. The minimum atomic E-state index is -4.43. The van der Waals surface area contributed by atoms with Gasteiger partial charge in [-0.05, 0) is 18.2 Å². The van der Waals surface area contributed by atoms with Gasteiger partial charge in [0.15, 0.2) is 0 Å². The van der Waals surface area contributed by atoms with Crippen LogP contribution in [0.4, 0.5) is 30.5 Å². The van der Waals surface area contributed by atoms with Crippen molar-refractivity contribution in [3.8, 4) is 5.75 Å². The molecule has 21 heavy (non-hydrogen) atoms. The average Bonchev–Trinajstić information content (AvgIpc) is 2.46. The molecule has 112 valence electrons. The number of alkyl halides is 3. The highest BCUT2D eigenvalue weighted by Crippen LogP contribution is 2.35. The van der Waals surface area contributed by atoms with Crippen LogP contribution in [-0.4, -0.2) is 24.1 Å². The SMILES string of the molecule is CNc1cc(Nc2cc(C(F)(F)F)ccc2OC)ncn1. The van der Waals surface area contributed by atoms with Gasteiger partial charge in [0, 0.05) is 13.1 Å². The van der Waals surface area contributed by atoms with E-state index in [2.05, 4.69) is 20.6 Å². The van der Waals surface area contributed by atoms with E-state index < -0.39 is 11.7 Å². The molecule has 5 nitrogen and oxygen atoms in total. The summed E-state index contributed by atoms with van der Waals surface area (Å²) >= 11 is 0. The number of hydrogen-bond donors (Lipinski definition) is 2. The first-order valence-electron chi connectivity index (χ1n) is 5.96. The van der Waals surface area contributed by atoms with Crippen molar-refractivity contribution < 1.29 is 17.9 Å². The van der Waals surface area contributed by atoms with Crippen LogP contribution in [0.3, 0.4) is 0 Å². The Morgan fingerprint density at radius 1 is 1.10 bits per heavy atom. The Balaban J connectivity index is 2.37. The number of methoxy groups -OCH3 is 1. The van der Waals surface area contributed by atoms with Crippen LogP contribution in [0.5, 0.6) is 5.75 Å². The molecule has 0 unspecified atom stereocenters. The minimum Gasteiger partial charge on any atom is -0.495 e. The fourth-order valence-electron chi connectivity index (χ4n) is 1.68. The van der Waals surface area contributed by atoms with Gasteiger partial charge in [-0.1, -0.05) is 0 Å². The van der Waals surface area contributed by atoms with Gasteiger partial charge in [0.2, 0.25) is 0 Å². The van der Waals surface area contributed by atoms with E-state index in [1.807, 2.05) is 0 Å². The van der Waals surface area contributed by atoms with E-state index in [0.29, 0.717) is 11.6 Å². The summed E-state index contributed by atoms with van der Waals surface area (Å²) in [5.74, 6) is 1.18.